The van der Waals surface area contributed by atoms with Gasteiger partial charge in [0.15, 0.2) is 0 Å². The second-order valence-electron chi connectivity index (χ2n) is 3.94. The van der Waals surface area contributed by atoms with Crippen LogP contribution in [0.1, 0.15) is 5.56 Å². The molecule has 0 spiro atoms. The number of halogens is 3. The van der Waals surface area contributed by atoms with Crippen molar-refractivity contribution in [3.8, 4) is 0 Å². The first-order valence-electron chi connectivity index (χ1n) is 5.62. The van der Waals surface area contributed by atoms with Crippen LogP contribution in [-0.4, -0.2) is 40.7 Å². The van der Waals surface area contributed by atoms with Crippen molar-refractivity contribution in [2.45, 2.75) is 11.2 Å². The molecule has 20 heavy (non-hydrogen) atoms. The maximum absolute atomic E-state index is 12.3. The van der Waals surface area contributed by atoms with Crippen molar-refractivity contribution in [1.82, 2.24) is 15.2 Å². The van der Waals surface area contributed by atoms with E-state index in [1.807, 2.05) is 0 Å². The third-order valence-electron chi connectivity index (χ3n) is 2.57. The van der Waals surface area contributed by atoms with Crippen molar-refractivity contribution in [2.75, 3.05) is 18.8 Å². The molecule has 1 aromatic heterocycles. The van der Waals surface area contributed by atoms with Gasteiger partial charge in [-0.05, 0) is 12.1 Å². The lowest BCUT2D eigenvalue weighted by Gasteiger charge is -2.11. The van der Waals surface area contributed by atoms with Crippen molar-refractivity contribution in [2.24, 2.45) is 0 Å². The monoisotopic (exact) mass is 305 g/mol. The first-order valence-corrected chi connectivity index (χ1v) is 6.61. The van der Waals surface area contributed by atoms with Crippen molar-refractivity contribution in [3.63, 3.8) is 0 Å². The highest BCUT2D eigenvalue weighted by Gasteiger charge is 2.31. The number of rotatable bonds is 4. The van der Waals surface area contributed by atoms with E-state index < -0.39 is 17.8 Å². The van der Waals surface area contributed by atoms with Gasteiger partial charge >= 0.3 is 12.2 Å². The summed E-state index contributed by atoms with van der Waals surface area (Å²) in [6, 6.07) is 1.76. The molecule has 5 nitrogen and oxygen atoms in total. The number of carbonyl (C=O) groups is 2. The Morgan fingerprint density at radius 1 is 1.35 bits per heavy atom. The number of nitrogens with zero attached hydrogens (tertiary/aromatic N) is 2. The fourth-order valence-corrected chi connectivity index (χ4v) is 2.33. The SMILES string of the molecule is O=C1CNC(=O)N1CCSc1ccc(C(F)(F)F)cn1. The molecular formula is C11H10F3N3O2S. The number of pyridine rings is 1. The summed E-state index contributed by atoms with van der Waals surface area (Å²) in [5.41, 5.74) is -0.809. The summed E-state index contributed by atoms with van der Waals surface area (Å²) >= 11 is 1.18. The number of aromatic nitrogens is 1. The van der Waals surface area contributed by atoms with Gasteiger partial charge in [-0.2, -0.15) is 13.2 Å². The van der Waals surface area contributed by atoms with Crippen LogP contribution in [0.5, 0.6) is 0 Å². The van der Waals surface area contributed by atoms with Gasteiger partial charge in [-0.15, -0.1) is 11.8 Å². The number of hydrogen-bond donors (Lipinski definition) is 1. The van der Waals surface area contributed by atoms with E-state index in [4.69, 9.17) is 0 Å². The first-order chi connectivity index (χ1) is 9.38. The predicted molar refractivity (Wildman–Crippen MR) is 65.1 cm³/mol. The van der Waals surface area contributed by atoms with E-state index in [2.05, 4.69) is 10.3 Å². The molecule has 108 valence electrons. The van der Waals surface area contributed by atoms with E-state index in [1.165, 1.54) is 17.8 Å². The fourth-order valence-electron chi connectivity index (χ4n) is 1.56. The van der Waals surface area contributed by atoms with Crippen molar-refractivity contribution in [3.05, 3.63) is 23.9 Å². The summed E-state index contributed by atoms with van der Waals surface area (Å²) in [4.78, 5) is 27.3. The zero-order valence-electron chi connectivity index (χ0n) is 10.1. The number of carbonyl (C=O) groups excluding carboxylic acids is 2. The number of hydrogen-bond acceptors (Lipinski definition) is 4. The maximum Gasteiger partial charge on any atom is 0.417 e. The molecule has 1 N–H and O–H groups in total. The molecule has 0 atom stereocenters. The minimum absolute atomic E-state index is 0.0119. The molecule has 0 saturated carbocycles. The van der Waals surface area contributed by atoms with Crippen LogP contribution in [-0.2, 0) is 11.0 Å². The molecule has 1 aromatic rings. The molecule has 0 aliphatic carbocycles. The topological polar surface area (TPSA) is 62.3 Å². The lowest BCUT2D eigenvalue weighted by atomic mass is 10.3. The van der Waals surface area contributed by atoms with Crippen LogP contribution in [0.4, 0.5) is 18.0 Å². The van der Waals surface area contributed by atoms with Gasteiger partial charge in [0.2, 0.25) is 5.91 Å². The second kappa shape index (κ2) is 5.70. The van der Waals surface area contributed by atoms with Crippen LogP contribution in [0.3, 0.4) is 0 Å². The van der Waals surface area contributed by atoms with E-state index >= 15 is 0 Å². The highest BCUT2D eigenvalue weighted by molar-refractivity contribution is 7.99. The Kier molecular flexibility index (Phi) is 4.17. The minimum atomic E-state index is -4.41. The van der Waals surface area contributed by atoms with Gasteiger partial charge in [0.05, 0.1) is 17.1 Å². The molecule has 3 amide bonds. The van der Waals surface area contributed by atoms with Gasteiger partial charge < -0.3 is 5.32 Å². The van der Waals surface area contributed by atoms with Crippen LogP contribution in [0.25, 0.3) is 0 Å². The van der Waals surface area contributed by atoms with Gasteiger partial charge in [-0.1, -0.05) is 0 Å². The maximum atomic E-state index is 12.3. The summed E-state index contributed by atoms with van der Waals surface area (Å²) < 4.78 is 37.0. The Labute approximate surface area is 116 Å². The molecule has 0 aromatic carbocycles. The molecule has 0 radical (unpaired) electrons. The Morgan fingerprint density at radius 2 is 2.10 bits per heavy atom. The van der Waals surface area contributed by atoms with Crippen LogP contribution in [0.15, 0.2) is 23.4 Å². The molecule has 2 rings (SSSR count). The molecule has 0 bridgehead atoms. The molecule has 2 heterocycles. The largest absolute Gasteiger partial charge is 0.417 e. The molecule has 0 unspecified atom stereocenters. The highest BCUT2D eigenvalue weighted by atomic mass is 32.2. The Bertz CT molecular complexity index is 503. The van der Waals surface area contributed by atoms with Gasteiger partial charge in [0, 0.05) is 18.5 Å². The van der Waals surface area contributed by atoms with Crippen LogP contribution in [0, 0.1) is 0 Å². The summed E-state index contributed by atoms with van der Waals surface area (Å²) in [5.74, 6) is 0.0633. The molecule has 1 saturated heterocycles. The summed E-state index contributed by atoms with van der Waals surface area (Å²) in [6.45, 7) is 0.181. The zero-order chi connectivity index (χ0) is 14.8. The van der Waals surface area contributed by atoms with Gasteiger partial charge in [-0.25, -0.2) is 9.78 Å². The van der Waals surface area contributed by atoms with Crippen LogP contribution >= 0.6 is 11.8 Å². The molecule has 1 aliphatic rings. The lowest BCUT2D eigenvalue weighted by Crippen LogP contribution is -2.32. The average molecular weight is 305 g/mol. The standard InChI is InChI=1S/C11H10F3N3O2S/c12-11(13,14)7-1-2-8(15-5-7)20-4-3-17-9(18)6-16-10(17)19/h1-2,5H,3-4,6H2,(H,16,19). The molecule has 1 fully saturated rings. The van der Waals surface area contributed by atoms with Crippen LogP contribution in [0.2, 0.25) is 0 Å². The lowest BCUT2D eigenvalue weighted by molar-refractivity contribution is -0.137. The van der Waals surface area contributed by atoms with Gasteiger partial charge in [-0.3, -0.25) is 9.69 Å². The third-order valence-corrected chi connectivity index (χ3v) is 3.49. The fraction of sp³-hybridized carbons (Fsp3) is 0.364. The Balaban J connectivity index is 1.85. The second-order valence-corrected chi connectivity index (χ2v) is 5.05. The summed E-state index contributed by atoms with van der Waals surface area (Å²) in [7, 11) is 0. The van der Waals surface area contributed by atoms with Gasteiger partial charge in [0.25, 0.3) is 0 Å². The smallest absolute Gasteiger partial charge is 0.329 e. The number of alkyl halides is 3. The number of imide groups is 1. The Hall–Kier alpha value is -1.77. The summed E-state index contributed by atoms with van der Waals surface area (Å²) in [5, 5.41) is 2.79. The molecule has 1 aliphatic heterocycles. The van der Waals surface area contributed by atoms with E-state index in [9.17, 15) is 22.8 Å². The average Bonchev–Trinajstić information content (AvgIpc) is 2.70. The quantitative estimate of drug-likeness (QED) is 0.680. The number of thioether (sulfide) groups is 1. The zero-order valence-corrected chi connectivity index (χ0v) is 10.9. The molecular weight excluding hydrogens is 295 g/mol. The third kappa shape index (κ3) is 3.41. The van der Waals surface area contributed by atoms with Crippen LogP contribution < -0.4 is 5.32 Å². The number of urea groups is 1. The first kappa shape index (κ1) is 14.6. The van der Waals surface area contributed by atoms with E-state index in [1.54, 1.807) is 0 Å². The number of amides is 3. The van der Waals surface area contributed by atoms with E-state index in [0.717, 1.165) is 17.2 Å². The van der Waals surface area contributed by atoms with E-state index in [-0.39, 0.29) is 19.0 Å². The van der Waals surface area contributed by atoms with Crippen molar-refractivity contribution >= 4 is 23.7 Å². The molecule has 9 heteroatoms. The predicted octanol–water partition coefficient (Wildman–Crippen LogP) is 1.74. The normalized spacial score (nSPS) is 15.7. The van der Waals surface area contributed by atoms with Gasteiger partial charge in [0.1, 0.15) is 0 Å². The number of nitrogens with one attached hydrogen (secondary N) is 1. The summed E-state index contributed by atoms with van der Waals surface area (Å²) in [6.07, 6.45) is -3.65. The Morgan fingerprint density at radius 3 is 2.60 bits per heavy atom. The van der Waals surface area contributed by atoms with E-state index in [0.29, 0.717) is 10.8 Å². The van der Waals surface area contributed by atoms with Crippen molar-refractivity contribution in [1.29, 1.82) is 0 Å². The minimum Gasteiger partial charge on any atom is -0.329 e. The highest BCUT2D eigenvalue weighted by Crippen LogP contribution is 2.29. The van der Waals surface area contributed by atoms with Crippen molar-refractivity contribution < 1.29 is 22.8 Å².